The Balaban J connectivity index is 0.00000342. The Morgan fingerprint density at radius 1 is 1.26 bits per heavy atom. The molecule has 11 heteroatoms. The van der Waals surface area contributed by atoms with Gasteiger partial charge in [-0.2, -0.15) is 4.37 Å². The number of hydrogen-bond acceptors (Lipinski definition) is 8. The van der Waals surface area contributed by atoms with Crippen LogP contribution in [0.1, 0.15) is 55.4 Å². The standard InChI is InChI=1S/C23H26N4O5S2.H2/c1-5-14-6-8-16(9-7-14)34(30,31)27-19-17-11-15(21(29)25-18-10-13(2)26-33-18)12-24-22(17)32-23(3,4)20(19)28;/h6-12,19-20,27-28H,5H2,1-4H3,(H,25,29);1H/t19-,20+;/m1./s1. The zero-order valence-corrected chi connectivity index (χ0v) is 20.8. The number of benzene rings is 1. The summed E-state index contributed by atoms with van der Waals surface area (Å²) in [6.07, 6.45) is 0.894. The lowest BCUT2D eigenvalue weighted by molar-refractivity contribution is -0.0632. The molecule has 0 fully saturated rings. The average molecular weight is 505 g/mol. The third-order valence-corrected chi connectivity index (χ3v) is 7.91. The van der Waals surface area contributed by atoms with E-state index in [9.17, 15) is 18.3 Å². The van der Waals surface area contributed by atoms with Crippen LogP contribution in [0.25, 0.3) is 0 Å². The molecule has 0 aliphatic carbocycles. The Labute approximate surface area is 203 Å². The summed E-state index contributed by atoms with van der Waals surface area (Å²) in [6.45, 7) is 7.09. The zero-order valence-electron chi connectivity index (χ0n) is 19.2. The summed E-state index contributed by atoms with van der Waals surface area (Å²) in [4.78, 5) is 17.1. The molecule has 1 aliphatic rings. The van der Waals surface area contributed by atoms with Crippen molar-refractivity contribution in [3.05, 3.63) is 65.0 Å². The Hall–Kier alpha value is -2.86. The van der Waals surface area contributed by atoms with Crippen LogP contribution in [0.15, 0.2) is 47.5 Å². The lowest BCUT2D eigenvalue weighted by Crippen LogP contribution is -2.53. The van der Waals surface area contributed by atoms with E-state index in [1.54, 1.807) is 32.0 Å². The van der Waals surface area contributed by atoms with Crippen molar-refractivity contribution >= 4 is 32.5 Å². The van der Waals surface area contributed by atoms with Gasteiger partial charge in [0, 0.05) is 13.2 Å². The van der Waals surface area contributed by atoms with Gasteiger partial charge in [-0.15, -0.1) is 0 Å². The summed E-state index contributed by atoms with van der Waals surface area (Å²) in [6, 6.07) is 8.69. The highest BCUT2D eigenvalue weighted by Crippen LogP contribution is 2.39. The average Bonchev–Trinajstić information content (AvgIpc) is 3.20. The molecule has 1 aliphatic heterocycles. The maximum Gasteiger partial charge on any atom is 0.257 e. The predicted molar refractivity (Wildman–Crippen MR) is 131 cm³/mol. The molecule has 0 spiro atoms. The minimum atomic E-state index is -3.99. The Morgan fingerprint density at radius 2 is 1.97 bits per heavy atom. The zero-order chi connectivity index (χ0) is 24.7. The number of aryl methyl sites for hydroxylation is 2. The molecule has 1 aromatic carbocycles. The molecule has 4 rings (SSSR count). The van der Waals surface area contributed by atoms with Gasteiger partial charge in [-0.05, 0) is 68.6 Å². The molecule has 0 radical (unpaired) electrons. The second-order valence-corrected chi connectivity index (χ2v) is 11.2. The number of aliphatic hydroxyl groups excluding tert-OH is 1. The van der Waals surface area contributed by atoms with Gasteiger partial charge < -0.3 is 15.2 Å². The van der Waals surface area contributed by atoms with Crippen LogP contribution in [0.2, 0.25) is 0 Å². The fourth-order valence-corrected chi connectivity index (χ4v) is 5.53. The second kappa shape index (κ2) is 9.06. The molecule has 3 heterocycles. The van der Waals surface area contributed by atoms with Crippen molar-refractivity contribution in [1.29, 1.82) is 0 Å². The highest BCUT2D eigenvalue weighted by atomic mass is 32.2. The maximum absolute atomic E-state index is 13.2. The van der Waals surface area contributed by atoms with E-state index in [4.69, 9.17) is 4.74 Å². The number of sulfonamides is 1. The highest BCUT2D eigenvalue weighted by molar-refractivity contribution is 7.89. The minimum absolute atomic E-state index is 0. The third kappa shape index (κ3) is 4.83. The van der Waals surface area contributed by atoms with Crippen LogP contribution in [-0.4, -0.2) is 40.5 Å². The van der Waals surface area contributed by atoms with Crippen LogP contribution in [0.5, 0.6) is 5.88 Å². The maximum atomic E-state index is 13.2. The van der Waals surface area contributed by atoms with E-state index in [1.807, 2.05) is 13.8 Å². The number of carbonyl (C=O) groups is 1. The van der Waals surface area contributed by atoms with E-state index >= 15 is 0 Å². The van der Waals surface area contributed by atoms with E-state index < -0.39 is 33.7 Å². The lowest BCUT2D eigenvalue weighted by Gasteiger charge is -2.41. The van der Waals surface area contributed by atoms with E-state index in [2.05, 4.69) is 19.4 Å². The number of rotatable bonds is 6. The number of pyridine rings is 1. The molecule has 0 unspecified atom stereocenters. The molecule has 2 aromatic heterocycles. The van der Waals surface area contributed by atoms with Crippen LogP contribution in [0.4, 0.5) is 5.00 Å². The molecule has 2 atom stereocenters. The van der Waals surface area contributed by atoms with E-state index in [1.165, 1.54) is 24.4 Å². The van der Waals surface area contributed by atoms with Gasteiger partial charge in [-0.25, -0.2) is 18.1 Å². The first-order valence-electron chi connectivity index (χ1n) is 10.7. The summed E-state index contributed by atoms with van der Waals surface area (Å²) in [5, 5.41) is 14.3. The van der Waals surface area contributed by atoms with Gasteiger partial charge >= 0.3 is 0 Å². The first-order valence-corrected chi connectivity index (χ1v) is 13.0. The molecule has 34 heavy (non-hydrogen) atoms. The number of carbonyl (C=O) groups excluding carboxylic acids is 1. The summed E-state index contributed by atoms with van der Waals surface area (Å²) < 4.78 is 38.9. The molecular formula is C23H28N4O5S2. The van der Waals surface area contributed by atoms with Crippen molar-refractivity contribution in [2.45, 2.75) is 56.8 Å². The Kier molecular flexibility index (Phi) is 6.47. The summed E-state index contributed by atoms with van der Waals surface area (Å²) in [7, 11) is -3.99. The second-order valence-electron chi connectivity index (χ2n) is 8.65. The highest BCUT2D eigenvalue weighted by Gasteiger charge is 2.45. The fraction of sp³-hybridized carbons (Fsp3) is 0.348. The van der Waals surface area contributed by atoms with Gasteiger partial charge in [0.25, 0.3) is 5.91 Å². The quantitative estimate of drug-likeness (QED) is 0.469. The van der Waals surface area contributed by atoms with Crippen LogP contribution in [0, 0.1) is 6.92 Å². The lowest BCUT2D eigenvalue weighted by atomic mass is 9.88. The van der Waals surface area contributed by atoms with E-state index in [-0.39, 0.29) is 23.3 Å². The number of hydrogen-bond donors (Lipinski definition) is 3. The number of amides is 1. The summed E-state index contributed by atoms with van der Waals surface area (Å²) in [5.41, 5.74) is 1.13. The first kappa shape index (κ1) is 24.3. The molecule has 0 saturated heterocycles. The molecule has 9 nitrogen and oxygen atoms in total. The van der Waals surface area contributed by atoms with Crippen molar-refractivity contribution < 1.29 is 24.5 Å². The number of anilines is 1. The summed E-state index contributed by atoms with van der Waals surface area (Å²) >= 11 is 1.15. The SMILES string of the molecule is CCc1ccc(S(=O)(=O)N[C@@H]2c3cc(C(=O)Nc4cc(C)ns4)cnc3OC(C)(C)[C@H]2O)cc1.[HH]. The normalized spacial score (nSPS) is 19.2. The van der Waals surface area contributed by atoms with E-state index in [0.29, 0.717) is 5.00 Å². The van der Waals surface area contributed by atoms with Crippen LogP contribution >= 0.6 is 11.5 Å². The van der Waals surface area contributed by atoms with Gasteiger partial charge in [-0.3, -0.25) is 4.79 Å². The van der Waals surface area contributed by atoms with Crippen LogP contribution < -0.4 is 14.8 Å². The molecule has 1 amide bonds. The van der Waals surface area contributed by atoms with Gasteiger partial charge in [0.1, 0.15) is 16.7 Å². The molecule has 3 N–H and O–H groups in total. The number of aromatic nitrogens is 2. The number of nitrogens with zero attached hydrogens (tertiary/aromatic N) is 2. The van der Waals surface area contributed by atoms with Gasteiger partial charge in [0.05, 0.1) is 22.2 Å². The van der Waals surface area contributed by atoms with Crippen LogP contribution in [0.3, 0.4) is 0 Å². The van der Waals surface area contributed by atoms with Gasteiger partial charge in [0.15, 0.2) is 0 Å². The predicted octanol–water partition coefficient (Wildman–Crippen LogP) is 3.46. The Morgan fingerprint density at radius 3 is 2.59 bits per heavy atom. The number of ether oxygens (including phenoxy) is 1. The molecular weight excluding hydrogens is 476 g/mol. The molecule has 3 aromatic rings. The third-order valence-electron chi connectivity index (χ3n) is 5.65. The fourth-order valence-electron chi connectivity index (χ4n) is 3.66. The minimum Gasteiger partial charge on any atom is -0.469 e. The monoisotopic (exact) mass is 504 g/mol. The van der Waals surface area contributed by atoms with Crippen molar-refractivity contribution in [2.24, 2.45) is 0 Å². The van der Waals surface area contributed by atoms with Gasteiger partial charge in [-0.1, -0.05) is 19.1 Å². The summed E-state index contributed by atoms with van der Waals surface area (Å²) in [5.74, 6) is -0.287. The first-order chi connectivity index (χ1) is 16.0. The molecule has 182 valence electrons. The Bertz CT molecular complexity index is 1330. The van der Waals surface area contributed by atoms with Crippen molar-refractivity contribution in [1.82, 2.24) is 14.1 Å². The molecule has 0 saturated carbocycles. The molecule has 0 bridgehead atoms. The number of fused-ring (bicyclic) bond motifs is 1. The van der Waals surface area contributed by atoms with Crippen molar-refractivity contribution in [2.75, 3.05) is 5.32 Å². The number of nitrogens with one attached hydrogen (secondary N) is 2. The van der Waals surface area contributed by atoms with Gasteiger partial charge in [0.2, 0.25) is 15.9 Å². The van der Waals surface area contributed by atoms with Crippen molar-refractivity contribution in [3.8, 4) is 5.88 Å². The van der Waals surface area contributed by atoms with Crippen LogP contribution in [-0.2, 0) is 16.4 Å². The number of aliphatic hydroxyl groups is 1. The van der Waals surface area contributed by atoms with Crippen molar-refractivity contribution in [3.63, 3.8) is 0 Å². The van der Waals surface area contributed by atoms with E-state index in [0.717, 1.165) is 29.2 Å². The topological polar surface area (TPSA) is 131 Å². The largest absolute Gasteiger partial charge is 0.469 e. The smallest absolute Gasteiger partial charge is 0.257 e.